The smallest absolute Gasteiger partial charge is 0.235 e. The van der Waals surface area contributed by atoms with E-state index < -0.39 is 0 Å². The summed E-state index contributed by atoms with van der Waals surface area (Å²) >= 11 is 4.51. The molecule has 3 aromatic rings. The lowest BCUT2D eigenvalue weighted by Crippen LogP contribution is -2.13. The van der Waals surface area contributed by atoms with Crippen molar-refractivity contribution in [2.75, 3.05) is 11.1 Å². The Labute approximate surface area is 133 Å². The van der Waals surface area contributed by atoms with Crippen molar-refractivity contribution in [1.29, 1.82) is 0 Å². The van der Waals surface area contributed by atoms with Gasteiger partial charge in [-0.25, -0.2) is 9.97 Å². The highest BCUT2D eigenvalue weighted by atomic mass is 32.2. The highest BCUT2D eigenvalue weighted by Gasteiger charge is 2.11. The molecule has 0 aromatic carbocycles. The number of anilines is 1. The van der Waals surface area contributed by atoms with Gasteiger partial charge in [0.25, 0.3) is 0 Å². The number of aromatic nitrogens is 3. The molecule has 0 aliphatic rings. The van der Waals surface area contributed by atoms with Gasteiger partial charge in [-0.3, -0.25) is 9.78 Å². The Balaban J connectivity index is 1.70. The molecule has 0 fully saturated rings. The van der Waals surface area contributed by atoms with Gasteiger partial charge in [0.2, 0.25) is 5.91 Å². The second-order valence-corrected chi connectivity index (χ2v) is 7.13. The van der Waals surface area contributed by atoms with Crippen molar-refractivity contribution in [3.05, 3.63) is 29.0 Å². The summed E-state index contributed by atoms with van der Waals surface area (Å²) in [5.41, 5.74) is 1.69. The molecule has 21 heavy (non-hydrogen) atoms. The monoisotopic (exact) mass is 336 g/mol. The topological polar surface area (TPSA) is 67.8 Å². The average molecular weight is 336 g/mol. The minimum absolute atomic E-state index is 0.0537. The van der Waals surface area contributed by atoms with Crippen LogP contribution >= 0.6 is 34.4 Å². The fourth-order valence-electron chi connectivity index (χ4n) is 1.76. The zero-order valence-corrected chi connectivity index (χ0v) is 13.6. The van der Waals surface area contributed by atoms with Crippen molar-refractivity contribution in [1.82, 2.24) is 15.0 Å². The first-order valence-corrected chi connectivity index (χ1v) is 8.99. The predicted octanol–water partition coefficient (Wildman–Crippen LogP) is 3.44. The molecule has 3 aromatic heterocycles. The zero-order chi connectivity index (χ0) is 14.7. The Hall–Kier alpha value is -1.51. The van der Waals surface area contributed by atoms with Crippen molar-refractivity contribution >= 4 is 55.6 Å². The number of nitrogens with zero attached hydrogens (tertiary/aromatic N) is 3. The van der Waals surface area contributed by atoms with E-state index in [-0.39, 0.29) is 5.91 Å². The molecule has 0 saturated heterocycles. The van der Waals surface area contributed by atoms with Crippen LogP contribution in [0.3, 0.4) is 0 Å². The molecular formula is C13H12N4OS3. The minimum Gasteiger partial charge on any atom is -0.316 e. The van der Waals surface area contributed by atoms with Gasteiger partial charge < -0.3 is 5.32 Å². The van der Waals surface area contributed by atoms with Crippen molar-refractivity contribution < 1.29 is 4.79 Å². The van der Waals surface area contributed by atoms with Crippen LogP contribution in [0.1, 0.15) is 11.8 Å². The summed E-state index contributed by atoms with van der Waals surface area (Å²) in [4.78, 5) is 26.6. The number of amides is 1. The van der Waals surface area contributed by atoms with E-state index in [1.54, 1.807) is 29.4 Å². The van der Waals surface area contributed by atoms with Crippen molar-refractivity contribution in [2.24, 2.45) is 0 Å². The first kappa shape index (κ1) is 14.4. The summed E-state index contributed by atoms with van der Waals surface area (Å²) in [6, 6.07) is 2.11. The third kappa shape index (κ3) is 3.39. The number of thioether (sulfide) groups is 1. The SMILES string of the molecule is CCc1cc2c(SCC(=O)Nc3cncs3)ncnc2s1. The van der Waals surface area contributed by atoms with Gasteiger partial charge >= 0.3 is 0 Å². The second kappa shape index (κ2) is 6.50. The third-order valence-corrected chi connectivity index (χ3v) is 5.61. The number of nitrogens with one attached hydrogen (secondary N) is 1. The number of carbonyl (C=O) groups is 1. The summed E-state index contributed by atoms with van der Waals surface area (Å²) < 4.78 is 0. The van der Waals surface area contributed by atoms with Crippen LogP contribution < -0.4 is 5.32 Å². The maximum absolute atomic E-state index is 11.9. The van der Waals surface area contributed by atoms with Gasteiger partial charge in [0.15, 0.2) is 0 Å². The average Bonchev–Trinajstić information content (AvgIpc) is 3.13. The van der Waals surface area contributed by atoms with Crippen LogP contribution in [-0.4, -0.2) is 26.6 Å². The van der Waals surface area contributed by atoms with Gasteiger partial charge in [0.1, 0.15) is 21.2 Å². The summed E-state index contributed by atoms with van der Waals surface area (Å²) in [6.07, 6.45) is 4.18. The van der Waals surface area contributed by atoms with Crippen LogP contribution in [0.5, 0.6) is 0 Å². The molecule has 0 aliphatic heterocycles. The Kier molecular flexibility index (Phi) is 4.47. The molecule has 0 radical (unpaired) electrons. The Morgan fingerprint density at radius 3 is 3.10 bits per heavy atom. The summed E-state index contributed by atoms with van der Waals surface area (Å²) in [5, 5.41) is 5.47. The van der Waals surface area contributed by atoms with Crippen LogP contribution in [0, 0.1) is 0 Å². The molecule has 1 amide bonds. The van der Waals surface area contributed by atoms with Gasteiger partial charge in [-0.15, -0.1) is 22.7 Å². The van der Waals surface area contributed by atoms with Gasteiger partial charge in [-0.05, 0) is 12.5 Å². The first-order valence-electron chi connectivity index (χ1n) is 6.31. The summed E-state index contributed by atoms with van der Waals surface area (Å²) in [6.45, 7) is 2.12. The van der Waals surface area contributed by atoms with E-state index in [1.807, 2.05) is 0 Å². The number of carbonyl (C=O) groups excluding carboxylic acids is 1. The van der Waals surface area contributed by atoms with Gasteiger partial charge in [0, 0.05) is 10.3 Å². The standard InChI is InChI=1S/C13H12N4OS3/c1-2-8-3-9-12(15-6-16-13(9)21-8)19-5-10(18)17-11-4-14-7-20-11/h3-4,6-7H,2,5H2,1H3,(H,17,18). The van der Waals surface area contributed by atoms with Crippen LogP contribution in [-0.2, 0) is 11.2 Å². The molecule has 3 heterocycles. The van der Waals surface area contributed by atoms with E-state index in [1.165, 1.54) is 28.0 Å². The number of fused-ring (bicyclic) bond motifs is 1. The Morgan fingerprint density at radius 1 is 1.43 bits per heavy atom. The molecule has 0 saturated carbocycles. The number of hydrogen-bond acceptors (Lipinski definition) is 7. The van der Waals surface area contributed by atoms with Crippen molar-refractivity contribution in [2.45, 2.75) is 18.4 Å². The van der Waals surface area contributed by atoms with Gasteiger partial charge in [-0.1, -0.05) is 18.7 Å². The molecule has 1 N–H and O–H groups in total. The summed E-state index contributed by atoms with van der Waals surface area (Å²) in [5.74, 6) is 0.267. The quantitative estimate of drug-likeness (QED) is 0.571. The third-order valence-electron chi connectivity index (χ3n) is 2.73. The number of rotatable bonds is 5. The van der Waals surface area contributed by atoms with Gasteiger partial charge in [-0.2, -0.15) is 0 Å². The normalized spacial score (nSPS) is 10.9. The van der Waals surface area contributed by atoms with Crippen molar-refractivity contribution in [3.63, 3.8) is 0 Å². The summed E-state index contributed by atoms with van der Waals surface area (Å²) in [7, 11) is 0. The molecule has 5 nitrogen and oxygen atoms in total. The van der Waals surface area contributed by atoms with E-state index in [0.717, 1.165) is 26.7 Å². The van der Waals surface area contributed by atoms with Crippen LogP contribution in [0.25, 0.3) is 10.2 Å². The molecule has 8 heteroatoms. The number of thiophene rings is 1. The highest BCUT2D eigenvalue weighted by Crippen LogP contribution is 2.31. The maximum atomic E-state index is 11.9. The zero-order valence-electron chi connectivity index (χ0n) is 11.2. The van der Waals surface area contributed by atoms with Crippen LogP contribution in [0.4, 0.5) is 5.00 Å². The Bertz CT molecular complexity index is 754. The molecule has 3 rings (SSSR count). The van der Waals surface area contributed by atoms with Crippen LogP contribution in [0.2, 0.25) is 0 Å². The van der Waals surface area contributed by atoms with E-state index in [9.17, 15) is 4.79 Å². The lowest BCUT2D eigenvalue weighted by molar-refractivity contribution is -0.113. The predicted molar refractivity (Wildman–Crippen MR) is 88.3 cm³/mol. The number of aryl methyl sites for hydroxylation is 1. The maximum Gasteiger partial charge on any atom is 0.235 e. The molecular weight excluding hydrogens is 324 g/mol. The number of thiazole rings is 1. The van der Waals surface area contributed by atoms with Crippen LogP contribution in [0.15, 0.2) is 29.1 Å². The molecule has 0 spiro atoms. The Morgan fingerprint density at radius 2 is 2.33 bits per heavy atom. The number of hydrogen-bond donors (Lipinski definition) is 1. The first-order chi connectivity index (χ1) is 10.3. The largest absolute Gasteiger partial charge is 0.316 e. The van der Waals surface area contributed by atoms with E-state index >= 15 is 0 Å². The minimum atomic E-state index is -0.0537. The highest BCUT2D eigenvalue weighted by molar-refractivity contribution is 8.00. The molecule has 108 valence electrons. The molecule has 0 aliphatic carbocycles. The lowest BCUT2D eigenvalue weighted by Gasteiger charge is -2.02. The fraction of sp³-hybridized carbons (Fsp3) is 0.231. The lowest BCUT2D eigenvalue weighted by atomic mass is 10.3. The van der Waals surface area contributed by atoms with E-state index in [0.29, 0.717) is 5.75 Å². The second-order valence-electron chi connectivity index (χ2n) is 4.17. The molecule has 0 bridgehead atoms. The molecule has 0 atom stereocenters. The van der Waals surface area contributed by atoms with E-state index in [4.69, 9.17) is 0 Å². The van der Waals surface area contributed by atoms with Crippen molar-refractivity contribution in [3.8, 4) is 0 Å². The van der Waals surface area contributed by atoms with Gasteiger partial charge in [0.05, 0.1) is 17.5 Å². The fourth-order valence-corrected chi connectivity index (χ4v) is 4.06. The molecule has 0 unspecified atom stereocenters. The van der Waals surface area contributed by atoms with E-state index in [2.05, 4.69) is 33.3 Å².